The first-order valence-electron chi connectivity index (χ1n) is 6.29. The highest BCUT2D eigenvalue weighted by molar-refractivity contribution is 5.78. The summed E-state index contributed by atoms with van der Waals surface area (Å²) < 4.78 is 4.25. The third kappa shape index (κ3) is 9.26. The van der Waals surface area contributed by atoms with Crippen LogP contribution in [-0.4, -0.2) is 41.6 Å². The fourth-order valence-electron chi connectivity index (χ4n) is 0.913. The van der Waals surface area contributed by atoms with Crippen molar-refractivity contribution in [2.75, 3.05) is 14.2 Å². The quantitative estimate of drug-likeness (QED) is 0.387. The molecule has 0 amide bonds. The van der Waals surface area contributed by atoms with E-state index >= 15 is 0 Å². The van der Waals surface area contributed by atoms with Crippen LogP contribution in [0, 0.1) is 10.1 Å². The topological polar surface area (TPSA) is 134 Å². The zero-order valence-electron chi connectivity index (χ0n) is 13.3. The van der Waals surface area contributed by atoms with Crippen LogP contribution >= 0.6 is 0 Å². The molecule has 0 aliphatic carbocycles. The maximum absolute atomic E-state index is 10.6. The molecule has 1 rings (SSSR count). The highest BCUT2D eigenvalue weighted by Crippen LogP contribution is 2.06. The van der Waals surface area contributed by atoms with Crippen molar-refractivity contribution in [3.8, 4) is 0 Å². The summed E-state index contributed by atoms with van der Waals surface area (Å²) in [5, 5.41) is 10.6. The Balaban J connectivity index is 0. The van der Waals surface area contributed by atoms with E-state index in [9.17, 15) is 14.9 Å². The Kier molecular flexibility index (Phi) is 13.1. The third-order valence-electron chi connectivity index (χ3n) is 1.68. The molecule has 0 saturated carbocycles. The zero-order chi connectivity index (χ0) is 17.5. The molecule has 0 aromatic carbocycles. The minimum atomic E-state index is -0.652. The summed E-state index contributed by atoms with van der Waals surface area (Å²) in [4.78, 5) is 31.4. The van der Waals surface area contributed by atoms with Gasteiger partial charge in [-0.05, 0) is 6.92 Å². The van der Waals surface area contributed by atoms with Crippen LogP contribution in [0.1, 0.15) is 31.4 Å². The molecule has 9 nitrogen and oxygen atoms in total. The van der Waals surface area contributed by atoms with E-state index in [0.29, 0.717) is 6.29 Å². The molecule has 0 aliphatic rings. The molecule has 0 aliphatic heterocycles. The number of aliphatic imine (C=N–C) groups is 1. The number of carbonyl (C=O) groups excluding carboxylic acids is 1. The number of nitrogens with two attached hydrogens (primary N) is 1. The van der Waals surface area contributed by atoms with Gasteiger partial charge in [0.2, 0.25) is 0 Å². The van der Waals surface area contributed by atoms with E-state index in [2.05, 4.69) is 19.7 Å². The van der Waals surface area contributed by atoms with Crippen molar-refractivity contribution >= 4 is 18.3 Å². The first kappa shape index (κ1) is 21.6. The fraction of sp³-hybridized carbons (Fsp3) is 0.385. The maximum Gasteiger partial charge on any atom is 0.305 e. The van der Waals surface area contributed by atoms with E-state index in [4.69, 9.17) is 5.73 Å². The molecule has 1 aromatic heterocycles. The summed E-state index contributed by atoms with van der Waals surface area (Å²) in [5.41, 5.74) is 5.02. The van der Waals surface area contributed by atoms with Gasteiger partial charge in [0.15, 0.2) is 17.9 Å². The molecule has 9 heteroatoms. The predicted molar refractivity (Wildman–Crippen MR) is 83.7 cm³/mol. The Bertz CT molecular complexity index is 525. The lowest BCUT2D eigenvalue weighted by molar-refractivity contribution is -0.415. The molecule has 0 atom stereocenters. The molecule has 0 bridgehead atoms. The van der Waals surface area contributed by atoms with Gasteiger partial charge in [-0.15, -0.1) is 0 Å². The van der Waals surface area contributed by atoms with Crippen molar-refractivity contribution in [2.24, 2.45) is 10.7 Å². The van der Waals surface area contributed by atoms with Crippen molar-refractivity contribution in [1.82, 2.24) is 9.97 Å². The molecule has 1 heterocycles. The number of ether oxygens (including phenoxy) is 1. The van der Waals surface area contributed by atoms with E-state index in [1.165, 1.54) is 19.2 Å². The number of rotatable bonds is 4. The molecule has 2 N–H and O–H groups in total. The number of nitro groups is 1. The summed E-state index contributed by atoms with van der Waals surface area (Å²) in [6.45, 7) is 5.39. The van der Waals surface area contributed by atoms with Gasteiger partial charge >= 0.3 is 5.70 Å². The van der Waals surface area contributed by atoms with Gasteiger partial charge in [0.25, 0.3) is 0 Å². The van der Waals surface area contributed by atoms with E-state index in [0.717, 1.165) is 6.21 Å². The number of nitrogens with zero attached hydrogens (tertiary/aromatic N) is 4. The van der Waals surface area contributed by atoms with Crippen LogP contribution in [-0.2, 0) is 4.74 Å². The number of aldehydes is 1. The number of hydrogen-bond acceptors (Lipinski definition) is 8. The van der Waals surface area contributed by atoms with Gasteiger partial charge in [0.1, 0.15) is 6.21 Å². The van der Waals surface area contributed by atoms with Crippen LogP contribution < -0.4 is 5.73 Å². The Morgan fingerprint density at radius 1 is 1.45 bits per heavy atom. The van der Waals surface area contributed by atoms with E-state index in [-0.39, 0.29) is 23.0 Å². The Labute approximate surface area is 129 Å². The van der Waals surface area contributed by atoms with Crippen molar-refractivity contribution in [3.63, 3.8) is 0 Å². The van der Waals surface area contributed by atoms with Crippen LogP contribution in [0.3, 0.4) is 0 Å². The van der Waals surface area contributed by atoms with Crippen LogP contribution in [0.4, 0.5) is 5.82 Å². The minimum Gasteiger partial charge on any atom is -0.397 e. The second-order valence-corrected chi connectivity index (χ2v) is 3.38. The first-order valence-corrected chi connectivity index (χ1v) is 6.29. The number of hydrogen-bond donors (Lipinski definition) is 1. The van der Waals surface area contributed by atoms with E-state index in [1.807, 2.05) is 13.8 Å². The standard InChI is InChI=1S/C9H9N5O3.C2H6O.C2H6/c1-6(10)7(14(16)17)4-12-8-2-3-11-9(5-15)13-8;1-3-2;1-2/h2-5H,10H2,1H3;1-2H3;1-2H3/b7-6+,12-4?;;. The van der Waals surface area contributed by atoms with Gasteiger partial charge in [-0.1, -0.05) is 13.8 Å². The third-order valence-corrected chi connectivity index (χ3v) is 1.68. The highest BCUT2D eigenvalue weighted by atomic mass is 16.6. The van der Waals surface area contributed by atoms with E-state index < -0.39 is 4.92 Å². The minimum absolute atomic E-state index is 0.0309. The molecular formula is C13H21N5O4. The van der Waals surface area contributed by atoms with Crippen LogP contribution in [0.15, 0.2) is 28.6 Å². The summed E-state index contributed by atoms with van der Waals surface area (Å²) in [5.74, 6) is 0.0958. The summed E-state index contributed by atoms with van der Waals surface area (Å²) in [6, 6.07) is 1.41. The van der Waals surface area contributed by atoms with Crippen molar-refractivity contribution < 1.29 is 14.5 Å². The lowest BCUT2D eigenvalue weighted by Gasteiger charge is -1.94. The average molecular weight is 311 g/mol. The normalized spacial score (nSPS) is 10.6. The SMILES string of the molecule is C/C(N)=C(/C=Nc1ccnc(C=O)n1)[N+](=O)[O-].CC.COC. The number of methoxy groups -OCH3 is 1. The monoisotopic (exact) mass is 311 g/mol. The number of allylic oxidation sites excluding steroid dienone is 2. The van der Waals surface area contributed by atoms with Crippen molar-refractivity contribution in [3.05, 3.63) is 39.6 Å². The Morgan fingerprint density at radius 3 is 2.41 bits per heavy atom. The average Bonchev–Trinajstić information content (AvgIpc) is 2.50. The second-order valence-electron chi connectivity index (χ2n) is 3.38. The van der Waals surface area contributed by atoms with Crippen LogP contribution in [0.25, 0.3) is 0 Å². The molecular weight excluding hydrogens is 290 g/mol. The van der Waals surface area contributed by atoms with Crippen LogP contribution in [0.2, 0.25) is 0 Å². The lowest BCUT2D eigenvalue weighted by Crippen LogP contribution is -2.08. The Morgan fingerprint density at radius 2 is 2.00 bits per heavy atom. The first-order chi connectivity index (χ1) is 10.5. The summed E-state index contributed by atoms with van der Waals surface area (Å²) in [7, 11) is 3.25. The van der Waals surface area contributed by atoms with Crippen LogP contribution in [0.5, 0.6) is 0 Å². The molecule has 0 saturated heterocycles. The highest BCUT2D eigenvalue weighted by Gasteiger charge is 2.10. The smallest absolute Gasteiger partial charge is 0.305 e. The largest absolute Gasteiger partial charge is 0.397 e. The molecule has 0 radical (unpaired) electrons. The van der Waals surface area contributed by atoms with Gasteiger partial charge in [-0.2, -0.15) is 0 Å². The van der Waals surface area contributed by atoms with Gasteiger partial charge in [-0.25, -0.2) is 15.0 Å². The molecule has 22 heavy (non-hydrogen) atoms. The van der Waals surface area contributed by atoms with Crippen molar-refractivity contribution in [1.29, 1.82) is 0 Å². The predicted octanol–water partition coefficient (Wildman–Crippen LogP) is 1.75. The van der Waals surface area contributed by atoms with Gasteiger partial charge < -0.3 is 10.5 Å². The fourth-order valence-corrected chi connectivity index (χ4v) is 0.913. The van der Waals surface area contributed by atoms with Gasteiger partial charge in [0.05, 0.1) is 10.6 Å². The second kappa shape index (κ2) is 13.3. The van der Waals surface area contributed by atoms with Gasteiger partial charge in [-0.3, -0.25) is 14.9 Å². The summed E-state index contributed by atoms with van der Waals surface area (Å²) in [6.07, 6.45) is 2.76. The lowest BCUT2D eigenvalue weighted by atomic mass is 10.4. The molecule has 0 spiro atoms. The molecule has 0 unspecified atom stereocenters. The molecule has 1 aromatic rings. The molecule has 0 fully saturated rings. The number of carbonyl (C=O) groups is 1. The summed E-state index contributed by atoms with van der Waals surface area (Å²) >= 11 is 0. The maximum atomic E-state index is 10.6. The van der Waals surface area contributed by atoms with E-state index in [1.54, 1.807) is 14.2 Å². The van der Waals surface area contributed by atoms with Crippen molar-refractivity contribution in [2.45, 2.75) is 20.8 Å². The molecule has 122 valence electrons. The van der Waals surface area contributed by atoms with Gasteiger partial charge in [0, 0.05) is 26.5 Å². The Hall–Kier alpha value is -2.68. The number of aromatic nitrogens is 2. The zero-order valence-corrected chi connectivity index (χ0v) is 13.3.